The number of hydrogen-bond acceptors (Lipinski definition) is 4. The van der Waals surface area contributed by atoms with E-state index in [1.807, 2.05) is 38.1 Å². The molecule has 0 spiro atoms. The van der Waals surface area contributed by atoms with E-state index in [2.05, 4.69) is 23.8 Å². The third-order valence-corrected chi connectivity index (χ3v) is 2.83. The fraction of sp³-hybridized carbons (Fsp3) is 0.333. The van der Waals surface area contributed by atoms with Crippen LogP contribution in [0.1, 0.15) is 36.8 Å². The van der Waals surface area contributed by atoms with E-state index < -0.39 is 0 Å². The maximum atomic E-state index is 5.79. The Kier molecular flexibility index (Phi) is 3.69. The summed E-state index contributed by atoms with van der Waals surface area (Å²) in [5.74, 6) is 2.37. The quantitative estimate of drug-likeness (QED) is 0.853. The average Bonchev–Trinajstić information content (AvgIpc) is 2.33. The van der Waals surface area contributed by atoms with Gasteiger partial charge in [0.05, 0.1) is 0 Å². The standard InChI is InChI=1S/C15H19N3O/c1-9(2)15-17-11(4)8-14(18-15)19-12-5-6-13(16)10(3)7-12/h5-9H,16H2,1-4H3. The first kappa shape index (κ1) is 13.3. The summed E-state index contributed by atoms with van der Waals surface area (Å²) in [6, 6.07) is 7.41. The van der Waals surface area contributed by atoms with Crippen LogP contribution in [0.3, 0.4) is 0 Å². The van der Waals surface area contributed by atoms with E-state index in [1.165, 1.54) is 0 Å². The second-order valence-electron chi connectivity index (χ2n) is 4.98. The van der Waals surface area contributed by atoms with Gasteiger partial charge in [0.25, 0.3) is 0 Å². The maximum Gasteiger partial charge on any atom is 0.222 e. The van der Waals surface area contributed by atoms with E-state index in [-0.39, 0.29) is 5.92 Å². The maximum absolute atomic E-state index is 5.79. The molecule has 2 N–H and O–H groups in total. The van der Waals surface area contributed by atoms with Crippen LogP contribution in [0, 0.1) is 13.8 Å². The van der Waals surface area contributed by atoms with E-state index in [1.54, 1.807) is 0 Å². The number of aromatic nitrogens is 2. The second-order valence-corrected chi connectivity index (χ2v) is 4.98. The first-order valence-electron chi connectivity index (χ1n) is 6.35. The number of anilines is 1. The Balaban J connectivity index is 2.29. The molecule has 0 bridgehead atoms. The van der Waals surface area contributed by atoms with Crippen molar-refractivity contribution in [3.8, 4) is 11.6 Å². The molecule has 0 saturated heterocycles. The number of aryl methyl sites for hydroxylation is 2. The van der Waals surface area contributed by atoms with Crippen molar-refractivity contribution in [2.75, 3.05) is 5.73 Å². The van der Waals surface area contributed by atoms with Crippen molar-refractivity contribution >= 4 is 5.69 Å². The molecule has 0 atom stereocenters. The lowest BCUT2D eigenvalue weighted by Gasteiger charge is -2.10. The van der Waals surface area contributed by atoms with Gasteiger partial charge < -0.3 is 10.5 Å². The Morgan fingerprint density at radius 1 is 1.11 bits per heavy atom. The van der Waals surface area contributed by atoms with Crippen LogP contribution in [0.4, 0.5) is 5.69 Å². The molecule has 0 saturated carbocycles. The fourth-order valence-corrected chi connectivity index (χ4v) is 1.70. The van der Waals surface area contributed by atoms with Gasteiger partial charge in [0.1, 0.15) is 11.6 Å². The van der Waals surface area contributed by atoms with Gasteiger partial charge >= 0.3 is 0 Å². The summed E-state index contributed by atoms with van der Waals surface area (Å²) >= 11 is 0. The molecule has 1 aromatic heterocycles. The summed E-state index contributed by atoms with van der Waals surface area (Å²) in [5, 5.41) is 0. The Morgan fingerprint density at radius 2 is 1.84 bits per heavy atom. The molecule has 0 unspecified atom stereocenters. The smallest absolute Gasteiger partial charge is 0.222 e. The number of hydrogen-bond donors (Lipinski definition) is 1. The van der Waals surface area contributed by atoms with Crippen molar-refractivity contribution < 1.29 is 4.74 Å². The lowest BCUT2D eigenvalue weighted by molar-refractivity contribution is 0.455. The molecule has 0 fully saturated rings. The largest absolute Gasteiger partial charge is 0.439 e. The first-order chi connectivity index (χ1) is 8.95. The summed E-state index contributed by atoms with van der Waals surface area (Å²) in [6.45, 7) is 8.01. The predicted molar refractivity (Wildman–Crippen MR) is 76.5 cm³/mol. The van der Waals surface area contributed by atoms with Gasteiger partial charge in [-0.1, -0.05) is 13.8 Å². The molecule has 4 nitrogen and oxygen atoms in total. The molecule has 4 heteroatoms. The molecule has 1 aromatic carbocycles. The summed E-state index contributed by atoms with van der Waals surface area (Å²) in [7, 11) is 0. The van der Waals surface area contributed by atoms with E-state index in [0.29, 0.717) is 5.88 Å². The second kappa shape index (κ2) is 5.26. The van der Waals surface area contributed by atoms with Gasteiger partial charge in [0, 0.05) is 23.4 Å². The average molecular weight is 257 g/mol. The SMILES string of the molecule is Cc1cc(Oc2ccc(N)c(C)c2)nc(C(C)C)n1. The van der Waals surface area contributed by atoms with Crippen molar-refractivity contribution in [2.24, 2.45) is 0 Å². The highest BCUT2D eigenvalue weighted by Crippen LogP contribution is 2.24. The highest BCUT2D eigenvalue weighted by atomic mass is 16.5. The fourth-order valence-electron chi connectivity index (χ4n) is 1.70. The molecule has 19 heavy (non-hydrogen) atoms. The number of rotatable bonds is 3. The zero-order valence-electron chi connectivity index (χ0n) is 11.8. The van der Waals surface area contributed by atoms with Crippen molar-refractivity contribution in [1.82, 2.24) is 9.97 Å². The number of nitrogens with two attached hydrogens (primary N) is 1. The van der Waals surface area contributed by atoms with Crippen LogP contribution in [0.15, 0.2) is 24.3 Å². The molecular weight excluding hydrogens is 238 g/mol. The van der Waals surface area contributed by atoms with Crippen LogP contribution in [0.25, 0.3) is 0 Å². The molecule has 0 radical (unpaired) electrons. The zero-order chi connectivity index (χ0) is 14.0. The predicted octanol–water partition coefficient (Wildman–Crippen LogP) is 3.59. The van der Waals surface area contributed by atoms with Crippen molar-refractivity contribution in [3.63, 3.8) is 0 Å². The Morgan fingerprint density at radius 3 is 2.47 bits per heavy atom. The summed E-state index contributed by atoms with van der Waals surface area (Å²) in [5.41, 5.74) is 8.44. The van der Waals surface area contributed by atoms with Crippen LogP contribution in [-0.4, -0.2) is 9.97 Å². The monoisotopic (exact) mass is 257 g/mol. The van der Waals surface area contributed by atoms with Crippen molar-refractivity contribution in [3.05, 3.63) is 41.3 Å². The molecule has 0 amide bonds. The Labute approximate surface area is 113 Å². The molecule has 0 aliphatic carbocycles. The topological polar surface area (TPSA) is 61.0 Å². The number of benzene rings is 1. The molecule has 0 aliphatic heterocycles. The van der Waals surface area contributed by atoms with E-state index in [9.17, 15) is 0 Å². The minimum absolute atomic E-state index is 0.274. The molecule has 0 aliphatic rings. The van der Waals surface area contributed by atoms with Gasteiger partial charge in [-0.3, -0.25) is 0 Å². The van der Waals surface area contributed by atoms with E-state index in [4.69, 9.17) is 10.5 Å². The van der Waals surface area contributed by atoms with Gasteiger partial charge in [-0.25, -0.2) is 4.98 Å². The minimum atomic E-state index is 0.274. The highest BCUT2D eigenvalue weighted by molar-refractivity contribution is 5.50. The zero-order valence-corrected chi connectivity index (χ0v) is 11.8. The first-order valence-corrected chi connectivity index (χ1v) is 6.35. The van der Waals surface area contributed by atoms with Crippen LogP contribution in [0.2, 0.25) is 0 Å². The third-order valence-electron chi connectivity index (χ3n) is 2.83. The van der Waals surface area contributed by atoms with Crippen molar-refractivity contribution in [2.45, 2.75) is 33.6 Å². The van der Waals surface area contributed by atoms with Crippen LogP contribution in [-0.2, 0) is 0 Å². The molecular formula is C15H19N3O. The number of nitrogens with zero attached hydrogens (tertiary/aromatic N) is 2. The molecule has 1 heterocycles. The van der Waals surface area contributed by atoms with Crippen molar-refractivity contribution in [1.29, 1.82) is 0 Å². The summed E-state index contributed by atoms with van der Waals surface area (Å²) in [4.78, 5) is 8.81. The van der Waals surface area contributed by atoms with Gasteiger partial charge in [0.15, 0.2) is 0 Å². The van der Waals surface area contributed by atoms with E-state index in [0.717, 1.165) is 28.5 Å². The van der Waals surface area contributed by atoms with E-state index >= 15 is 0 Å². The van der Waals surface area contributed by atoms with Crippen LogP contribution >= 0.6 is 0 Å². The lowest BCUT2D eigenvalue weighted by atomic mass is 10.2. The highest BCUT2D eigenvalue weighted by Gasteiger charge is 2.08. The van der Waals surface area contributed by atoms with Gasteiger partial charge in [-0.15, -0.1) is 0 Å². The summed E-state index contributed by atoms with van der Waals surface area (Å²) in [6.07, 6.45) is 0. The number of nitrogen functional groups attached to an aromatic ring is 1. The van der Waals surface area contributed by atoms with Gasteiger partial charge in [0.2, 0.25) is 5.88 Å². The van der Waals surface area contributed by atoms with Gasteiger partial charge in [-0.05, 0) is 37.6 Å². The number of ether oxygens (including phenoxy) is 1. The Hall–Kier alpha value is -2.10. The normalized spacial score (nSPS) is 10.8. The van der Waals surface area contributed by atoms with Crippen LogP contribution < -0.4 is 10.5 Å². The lowest BCUT2D eigenvalue weighted by Crippen LogP contribution is -2.01. The molecule has 2 aromatic rings. The van der Waals surface area contributed by atoms with Gasteiger partial charge in [-0.2, -0.15) is 4.98 Å². The Bertz CT molecular complexity index is 594. The van der Waals surface area contributed by atoms with Crippen LogP contribution in [0.5, 0.6) is 11.6 Å². The summed E-state index contributed by atoms with van der Waals surface area (Å²) < 4.78 is 5.78. The molecule has 2 rings (SSSR count). The molecule has 100 valence electrons. The minimum Gasteiger partial charge on any atom is -0.439 e. The third kappa shape index (κ3) is 3.22.